The van der Waals surface area contributed by atoms with Gasteiger partial charge in [-0.05, 0) is 47.3 Å². The van der Waals surface area contributed by atoms with Gasteiger partial charge in [-0.15, -0.1) is 0 Å². The monoisotopic (exact) mass is 269 g/mol. The van der Waals surface area contributed by atoms with Gasteiger partial charge in [-0.3, -0.25) is 4.79 Å². The number of furan rings is 1. The van der Waals surface area contributed by atoms with E-state index in [1.54, 1.807) is 12.1 Å². The molecule has 0 aliphatic heterocycles. The molecule has 1 aromatic heterocycles. The van der Waals surface area contributed by atoms with E-state index < -0.39 is 0 Å². The smallest absolute Gasteiger partial charge is 0.287 e. The van der Waals surface area contributed by atoms with Gasteiger partial charge < -0.3 is 9.73 Å². The third-order valence-electron chi connectivity index (χ3n) is 2.40. The molecule has 3 nitrogen and oxygen atoms in total. The maximum absolute atomic E-state index is 11.7. The van der Waals surface area contributed by atoms with E-state index in [4.69, 9.17) is 4.42 Å². The summed E-state index contributed by atoms with van der Waals surface area (Å²) in [5, 5.41) is 2.94. The van der Waals surface area contributed by atoms with Crippen molar-refractivity contribution in [2.24, 2.45) is 0 Å². The van der Waals surface area contributed by atoms with E-state index in [1.807, 2.05) is 0 Å². The van der Waals surface area contributed by atoms with Crippen LogP contribution in [0.4, 0.5) is 0 Å². The topological polar surface area (TPSA) is 42.2 Å². The van der Waals surface area contributed by atoms with Crippen molar-refractivity contribution in [1.29, 1.82) is 0 Å². The third-order valence-corrected chi connectivity index (χ3v) is 2.83. The number of nitrogens with one attached hydrogen (secondary N) is 1. The number of amides is 1. The highest BCUT2D eigenvalue weighted by molar-refractivity contribution is 9.10. The Labute approximate surface area is 96.7 Å². The van der Waals surface area contributed by atoms with E-state index in [-0.39, 0.29) is 11.9 Å². The van der Waals surface area contributed by atoms with E-state index in [1.165, 1.54) is 0 Å². The van der Waals surface area contributed by atoms with Gasteiger partial charge in [0.05, 0.1) is 0 Å². The van der Waals surface area contributed by atoms with Crippen molar-refractivity contribution in [2.75, 3.05) is 0 Å². The van der Waals surface area contributed by atoms with Crippen LogP contribution >= 0.6 is 15.9 Å². The summed E-state index contributed by atoms with van der Waals surface area (Å²) in [5.41, 5.74) is 0. The summed E-state index contributed by atoms with van der Waals surface area (Å²) in [4.78, 5) is 11.7. The molecule has 0 radical (unpaired) electrons. The average molecular weight is 270 g/mol. The van der Waals surface area contributed by atoms with Crippen LogP contribution in [0.3, 0.4) is 0 Å². The number of allylic oxidation sites excluding steroid dienone is 1. The molecule has 0 bridgehead atoms. The minimum absolute atomic E-state index is 0.138. The standard InChI is InChI=1S/C11H12BrNO2/c12-10-7-6-9(15-10)11(14)13-8-4-2-1-3-5-8/h1-2,6-8H,3-5H2,(H,13,14). The van der Waals surface area contributed by atoms with Crippen LogP contribution in [0.1, 0.15) is 29.8 Å². The Morgan fingerprint density at radius 3 is 2.93 bits per heavy atom. The summed E-state index contributed by atoms with van der Waals surface area (Å²) in [5.74, 6) is 0.220. The third kappa shape index (κ3) is 2.72. The molecule has 1 aliphatic carbocycles. The van der Waals surface area contributed by atoms with Crippen molar-refractivity contribution in [3.63, 3.8) is 0 Å². The van der Waals surface area contributed by atoms with Gasteiger partial charge in [0.2, 0.25) is 0 Å². The molecule has 0 saturated heterocycles. The molecule has 15 heavy (non-hydrogen) atoms. The van der Waals surface area contributed by atoms with E-state index in [0.29, 0.717) is 10.4 Å². The molecule has 1 atom stereocenters. The van der Waals surface area contributed by atoms with Crippen molar-refractivity contribution in [1.82, 2.24) is 5.32 Å². The second kappa shape index (κ2) is 4.66. The summed E-state index contributed by atoms with van der Waals surface area (Å²) in [7, 11) is 0. The molecule has 1 heterocycles. The Morgan fingerprint density at radius 2 is 2.33 bits per heavy atom. The van der Waals surface area contributed by atoms with Gasteiger partial charge in [0, 0.05) is 6.04 Å². The molecular weight excluding hydrogens is 258 g/mol. The lowest BCUT2D eigenvalue weighted by atomic mass is 10.0. The largest absolute Gasteiger partial charge is 0.444 e. The summed E-state index contributed by atoms with van der Waals surface area (Å²) >= 11 is 3.17. The summed E-state index contributed by atoms with van der Waals surface area (Å²) in [6, 6.07) is 3.62. The van der Waals surface area contributed by atoms with E-state index in [0.717, 1.165) is 19.3 Å². The van der Waals surface area contributed by atoms with Gasteiger partial charge in [-0.2, -0.15) is 0 Å². The Hall–Kier alpha value is -1.03. The molecule has 1 unspecified atom stereocenters. The number of halogens is 1. The normalized spacial score (nSPS) is 20.2. The van der Waals surface area contributed by atoms with E-state index in [9.17, 15) is 4.79 Å². The van der Waals surface area contributed by atoms with Crippen LogP contribution in [0.2, 0.25) is 0 Å². The Kier molecular flexibility index (Phi) is 3.26. The zero-order valence-electron chi connectivity index (χ0n) is 8.20. The molecular formula is C11H12BrNO2. The van der Waals surface area contributed by atoms with Gasteiger partial charge in [-0.1, -0.05) is 12.2 Å². The van der Waals surface area contributed by atoms with Crippen molar-refractivity contribution in [3.8, 4) is 0 Å². The summed E-state index contributed by atoms with van der Waals surface area (Å²) in [6.07, 6.45) is 7.20. The van der Waals surface area contributed by atoms with Crippen molar-refractivity contribution in [3.05, 3.63) is 34.7 Å². The average Bonchev–Trinajstić information content (AvgIpc) is 2.66. The molecule has 2 rings (SSSR count). The molecule has 0 spiro atoms. The zero-order chi connectivity index (χ0) is 10.7. The van der Waals surface area contributed by atoms with Gasteiger partial charge in [0.1, 0.15) is 0 Å². The number of hydrogen-bond donors (Lipinski definition) is 1. The minimum atomic E-state index is -0.138. The first-order valence-electron chi connectivity index (χ1n) is 4.97. The fourth-order valence-electron chi connectivity index (χ4n) is 1.62. The van der Waals surface area contributed by atoms with Crippen LogP contribution < -0.4 is 5.32 Å². The van der Waals surface area contributed by atoms with E-state index in [2.05, 4.69) is 33.4 Å². The fourth-order valence-corrected chi connectivity index (χ4v) is 1.92. The fraction of sp³-hybridized carbons (Fsp3) is 0.364. The molecule has 80 valence electrons. The Balaban J connectivity index is 1.94. The van der Waals surface area contributed by atoms with E-state index >= 15 is 0 Å². The number of carbonyl (C=O) groups excluding carboxylic acids is 1. The van der Waals surface area contributed by atoms with Crippen LogP contribution in [0.5, 0.6) is 0 Å². The second-order valence-corrected chi connectivity index (χ2v) is 4.34. The molecule has 1 aliphatic rings. The Bertz CT molecular complexity index is 384. The molecule has 0 saturated carbocycles. The Morgan fingerprint density at radius 1 is 1.47 bits per heavy atom. The van der Waals surface area contributed by atoms with Crippen molar-refractivity contribution < 1.29 is 9.21 Å². The summed E-state index contributed by atoms with van der Waals surface area (Å²) < 4.78 is 5.75. The van der Waals surface area contributed by atoms with Gasteiger partial charge in [-0.25, -0.2) is 0 Å². The van der Waals surface area contributed by atoms with Crippen LogP contribution in [-0.2, 0) is 0 Å². The van der Waals surface area contributed by atoms with Crippen LogP contribution in [0, 0.1) is 0 Å². The van der Waals surface area contributed by atoms with Gasteiger partial charge in [0.25, 0.3) is 5.91 Å². The first kappa shape index (κ1) is 10.5. The predicted octanol–water partition coefficient (Wildman–Crippen LogP) is 2.88. The molecule has 1 N–H and O–H groups in total. The summed E-state index contributed by atoms with van der Waals surface area (Å²) in [6.45, 7) is 0. The molecule has 1 amide bonds. The highest BCUT2D eigenvalue weighted by Gasteiger charge is 2.16. The van der Waals surface area contributed by atoms with Crippen molar-refractivity contribution >= 4 is 21.8 Å². The zero-order valence-corrected chi connectivity index (χ0v) is 9.79. The maximum atomic E-state index is 11.7. The molecule has 4 heteroatoms. The predicted molar refractivity (Wildman–Crippen MR) is 60.7 cm³/mol. The van der Waals surface area contributed by atoms with Crippen molar-refractivity contribution in [2.45, 2.75) is 25.3 Å². The number of rotatable bonds is 2. The second-order valence-electron chi connectivity index (χ2n) is 3.56. The highest BCUT2D eigenvalue weighted by Crippen LogP contribution is 2.15. The SMILES string of the molecule is O=C(NC1CC=CCC1)c1ccc(Br)o1. The molecule has 1 aromatic rings. The van der Waals surface area contributed by atoms with Gasteiger partial charge in [0.15, 0.2) is 10.4 Å². The van der Waals surface area contributed by atoms with Crippen LogP contribution in [0.15, 0.2) is 33.4 Å². The lowest BCUT2D eigenvalue weighted by Crippen LogP contribution is -2.35. The van der Waals surface area contributed by atoms with Crippen LogP contribution in [-0.4, -0.2) is 11.9 Å². The lowest BCUT2D eigenvalue weighted by Gasteiger charge is -2.18. The molecule has 0 fully saturated rings. The first-order valence-corrected chi connectivity index (χ1v) is 5.76. The number of hydrogen-bond acceptors (Lipinski definition) is 2. The quantitative estimate of drug-likeness (QED) is 0.839. The lowest BCUT2D eigenvalue weighted by molar-refractivity contribution is 0.0905. The first-order chi connectivity index (χ1) is 7.25. The van der Waals surface area contributed by atoms with Crippen LogP contribution in [0.25, 0.3) is 0 Å². The number of carbonyl (C=O) groups is 1. The molecule has 0 aromatic carbocycles. The minimum Gasteiger partial charge on any atom is -0.444 e. The van der Waals surface area contributed by atoms with Gasteiger partial charge >= 0.3 is 0 Å². The highest BCUT2D eigenvalue weighted by atomic mass is 79.9. The maximum Gasteiger partial charge on any atom is 0.287 e.